The van der Waals surface area contributed by atoms with E-state index in [4.69, 9.17) is 5.21 Å². The molecule has 0 aliphatic rings. The summed E-state index contributed by atoms with van der Waals surface area (Å²) in [7, 11) is -3.83. The van der Waals surface area contributed by atoms with E-state index in [-0.39, 0.29) is 56.3 Å². The van der Waals surface area contributed by atoms with Gasteiger partial charge in [0.15, 0.2) is 0 Å². The Morgan fingerprint density at radius 2 is 1.69 bits per heavy atom. The van der Waals surface area contributed by atoms with E-state index in [1.54, 1.807) is 12.1 Å². The molecule has 0 amide bonds. The molecule has 0 bridgehead atoms. The summed E-state index contributed by atoms with van der Waals surface area (Å²) in [6.07, 6.45) is 0. The maximum atomic E-state index is 10.9. The molecule has 0 saturated heterocycles. The predicted molar refractivity (Wildman–Crippen MR) is 43.5 cm³/mol. The molecular formula is C7H8KNO3S. The van der Waals surface area contributed by atoms with Crippen LogP contribution in [0.3, 0.4) is 0 Å². The van der Waals surface area contributed by atoms with Gasteiger partial charge in [0.1, 0.15) is 10.0 Å². The number of rotatable bonds is 2. The van der Waals surface area contributed by atoms with Gasteiger partial charge >= 0.3 is 51.4 Å². The predicted octanol–water partition coefficient (Wildman–Crippen LogP) is -1.55. The Kier molecular flexibility index (Phi) is 5.88. The van der Waals surface area contributed by atoms with Crippen molar-refractivity contribution in [1.29, 1.82) is 0 Å². The first-order valence-corrected chi connectivity index (χ1v) is 4.68. The van der Waals surface area contributed by atoms with Gasteiger partial charge in [-0.1, -0.05) is 17.7 Å². The number of nitrogens with zero attached hydrogens (tertiary/aromatic N) is 1. The van der Waals surface area contributed by atoms with Crippen molar-refractivity contribution < 1.29 is 65.0 Å². The van der Waals surface area contributed by atoms with Gasteiger partial charge < -0.3 is 10.1 Å². The Hall–Kier alpha value is 0.726. The van der Waals surface area contributed by atoms with Gasteiger partial charge in [-0.3, -0.25) is 0 Å². The third-order valence-electron chi connectivity index (χ3n) is 1.43. The van der Waals surface area contributed by atoms with Crippen LogP contribution in [0.4, 0.5) is 0 Å². The molecule has 66 valence electrons. The summed E-state index contributed by atoms with van der Waals surface area (Å²) in [5.74, 6) is 0. The molecule has 0 saturated carbocycles. The molecule has 4 nitrogen and oxygen atoms in total. The smallest absolute Gasteiger partial charge is 0.487 e. The molecule has 13 heavy (non-hydrogen) atoms. The van der Waals surface area contributed by atoms with Crippen LogP contribution >= 0.6 is 0 Å². The van der Waals surface area contributed by atoms with Gasteiger partial charge in [-0.05, 0) is 19.1 Å². The van der Waals surface area contributed by atoms with E-state index >= 15 is 0 Å². The van der Waals surface area contributed by atoms with Crippen molar-refractivity contribution in [3.63, 3.8) is 0 Å². The summed E-state index contributed by atoms with van der Waals surface area (Å²) in [6.45, 7) is 1.84. The van der Waals surface area contributed by atoms with Crippen molar-refractivity contribution in [2.24, 2.45) is 0 Å². The van der Waals surface area contributed by atoms with Crippen LogP contribution in [0.2, 0.25) is 0 Å². The van der Waals surface area contributed by atoms with Crippen LogP contribution in [0.5, 0.6) is 0 Å². The third-order valence-corrected chi connectivity index (χ3v) is 2.51. The molecule has 0 atom stereocenters. The molecule has 0 unspecified atom stereocenters. The molecule has 0 radical (unpaired) electrons. The monoisotopic (exact) mass is 225 g/mol. The summed E-state index contributed by atoms with van der Waals surface area (Å²) >= 11 is 0. The van der Waals surface area contributed by atoms with E-state index in [9.17, 15) is 8.42 Å². The topological polar surface area (TPSA) is 68.5 Å². The summed E-state index contributed by atoms with van der Waals surface area (Å²) in [6, 6.07) is 6.06. The molecule has 0 fully saturated rings. The van der Waals surface area contributed by atoms with Crippen LogP contribution in [0.25, 0.3) is 4.89 Å². The van der Waals surface area contributed by atoms with E-state index in [0.717, 1.165) is 5.56 Å². The van der Waals surface area contributed by atoms with Crippen LogP contribution in [-0.4, -0.2) is 13.6 Å². The summed E-state index contributed by atoms with van der Waals surface area (Å²) in [5, 5.41) is 8.15. The minimum absolute atomic E-state index is 0. The second-order valence-electron chi connectivity index (χ2n) is 2.37. The fourth-order valence-electron chi connectivity index (χ4n) is 0.757. The van der Waals surface area contributed by atoms with Crippen LogP contribution in [0.15, 0.2) is 29.2 Å². The first-order valence-electron chi connectivity index (χ1n) is 3.24. The van der Waals surface area contributed by atoms with Gasteiger partial charge in [0, 0.05) is 4.90 Å². The van der Waals surface area contributed by atoms with Crippen molar-refractivity contribution in [1.82, 2.24) is 0 Å². The molecular weight excluding hydrogens is 217 g/mol. The third kappa shape index (κ3) is 3.76. The number of aryl methyl sites for hydroxylation is 1. The van der Waals surface area contributed by atoms with E-state index in [2.05, 4.69) is 4.89 Å². The molecule has 1 aromatic rings. The maximum absolute atomic E-state index is 10.9. The summed E-state index contributed by atoms with van der Waals surface area (Å²) < 4.78 is 21.8. The number of sulfonamides is 1. The zero-order valence-electron chi connectivity index (χ0n) is 7.43. The second-order valence-corrected chi connectivity index (χ2v) is 3.95. The minimum Gasteiger partial charge on any atom is -0.487 e. The van der Waals surface area contributed by atoms with Crippen LogP contribution < -0.4 is 51.4 Å². The SMILES string of the molecule is Cc1ccc(S(=O)(=O)[N-]O)cc1.[K+]. The summed E-state index contributed by atoms with van der Waals surface area (Å²) in [5.41, 5.74) is 0.951. The molecule has 1 rings (SSSR count). The van der Waals surface area contributed by atoms with Gasteiger partial charge in [0.05, 0.1) is 0 Å². The molecule has 6 heteroatoms. The average molecular weight is 225 g/mol. The number of hydrogen-bond donors (Lipinski definition) is 1. The van der Waals surface area contributed by atoms with Crippen molar-refractivity contribution >= 4 is 10.0 Å². The van der Waals surface area contributed by atoms with Crippen molar-refractivity contribution in [3.05, 3.63) is 34.7 Å². The van der Waals surface area contributed by atoms with Crippen LogP contribution in [0.1, 0.15) is 5.56 Å². The van der Waals surface area contributed by atoms with Crippen LogP contribution in [0, 0.1) is 6.92 Å². The molecule has 1 aromatic carbocycles. The van der Waals surface area contributed by atoms with Gasteiger partial charge in [-0.25, -0.2) is 8.42 Å². The van der Waals surface area contributed by atoms with E-state index in [0.29, 0.717) is 0 Å². The van der Waals surface area contributed by atoms with E-state index in [1.165, 1.54) is 12.1 Å². The second kappa shape index (κ2) is 5.57. The average Bonchev–Trinajstić information content (AvgIpc) is 2.05. The molecule has 0 aliphatic carbocycles. The standard InChI is InChI=1S/C7H8NO3S.K/c1-6-2-4-7(5-3-6)12(10,11)8-9;/h2-5,9H,1H3;/q-1;+1. The van der Waals surface area contributed by atoms with Gasteiger partial charge in [0.2, 0.25) is 0 Å². The molecule has 0 aliphatic heterocycles. The van der Waals surface area contributed by atoms with E-state index < -0.39 is 10.0 Å². The van der Waals surface area contributed by atoms with Crippen molar-refractivity contribution in [3.8, 4) is 0 Å². The van der Waals surface area contributed by atoms with Gasteiger partial charge in [0.25, 0.3) is 0 Å². The zero-order chi connectivity index (χ0) is 9.19. The minimum atomic E-state index is -3.83. The normalized spacial score (nSPS) is 10.6. The fraction of sp³-hybridized carbons (Fsp3) is 0.143. The summed E-state index contributed by atoms with van der Waals surface area (Å²) in [4.78, 5) is 2.29. The van der Waals surface area contributed by atoms with Crippen LogP contribution in [-0.2, 0) is 10.0 Å². The maximum Gasteiger partial charge on any atom is 1.00 e. The molecule has 1 N–H and O–H groups in total. The van der Waals surface area contributed by atoms with E-state index in [1.807, 2.05) is 6.92 Å². The molecule has 0 aromatic heterocycles. The van der Waals surface area contributed by atoms with Gasteiger partial charge in [-0.2, -0.15) is 0 Å². The zero-order valence-corrected chi connectivity index (χ0v) is 11.4. The Balaban J connectivity index is 0.00000144. The Bertz CT molecular complexity index is 360. The quantitative estimate of drug-likeness (QED) is 0.489. The first kappa shape index (κ1) is 13.7. The Morgan fingerprint density at radius 1 is 1.23 bits per heavy atom. The fourth-order valence-corrected chi connectivity index (χ4v) is 1.33. The molecule has 0 heterocycles. The van der Waals surface area contributed by atoms with Gasteiger partial charge in [-0.15, -0.1) is 0 Å². The number of hydrogen-bond acceptors (Lipinski definition) is 3. The van der Waals surface area contributed by atoms with Crippen molar-refractivity contribution in [2.75, 3.05) is 0 Å². The van der Waals surface area contributed by atoms with Crippen molar-refractivity contribution in [2.45, 2.75) is 11.8 Å². The molecule has 0 spiro atoms. The Labute approximate surface area is 120 Å². The Morgan fingerprint density at radius 3 is 2.08 bits per heavy atom. The first-order chi connectivity index (χ1) is 5.56. The number of benzene rings is 1. The largest absolute Gasteiger partial charge is 1.00 e.